The third kappa shape index (κ3) is 4.77. The van der Waals surface area contributed by atoms with Crippen LogP contribution in [-0.4, -0.2) is 28.5 Å². The second-order valence-corrected chi connectivity index (χ2v) is 4.35. The molecular formula is C5H14ClN2O2P. The first-order valence-electron chi connectivity index (χ1n) is 3.45. The van der Waals surface area contributed by atoms with Crippen LogP contribution in [0.5, 0.6) is 0 Å². The lowest BCUT2D eigenvalue weighted by atomic mass is 10.5. The van der Waals surface area contributed by atoms with E-state index >= 15 is 0 Å². The summed E-state index contributed by atoms with van der Waals surface area (Å²) in [5.74, 6) is 0.321. The van der Waals surface area contributed by atoms with Crippen LogP contribution in [0.2, 0.25) is 0 Å². The maximum Gasteiger partial charge on any atom is 0.338 e. The Hall–Kier alpha value is 0.400. The minimum absolute atomic E-state index is 0.321. The Labute approximate surface area is 71.9 Å². The van der Waals surface area contributed by atoms with Crippen LogP contribution >= 0.6 is 19.3 Å². The Morgan fingerprint density at radius 1 is 1.64 bits per heavy atom. The number of nitrogens with two attached hydrogens (primary N) is 1. The van der Waals surface area contributed by atoms with E-state index in [1.807, 2.05) is 6.92 Å². The summed E-state index contributed by atoms with van der Waals surface area (Å²) in [6.45, 7) is 2.79. The zero-order valence-electron chi connectivity index (χ0n) is 6.53. The predicted octanol–water partition coefficient (Wildman–Crippen LogP) is 0.996. The quantitative estimate of drug-likeness (QED) is 0.513. The Bertz CT molecular complexity index is 143. The maximum atomic E-state index is 10.9. The fourth-order valence-electron chi connectivity index (χ4n) is 0.754. The monoisotopic (exact) mass is 200 g/mol. The van der Waals surface area contributed by atoms with Gasteiger partial charge in [0.25, 0.3) is 0 Å². The first-order valence-corrected chi connectivity index (χ1v) is 5.66. The molecule has 0 saturated heterocycles. The molecule has 0 aromatic carbocycles. The minimum atomic E-state index is -3.56. The van der Waals surface area contributed by atoms with Gasteiger partial charge in [-0.3, -0.25) is 4.57 Å². The lowest BCUT2D eigenvalue weighted by Gasteiger charge is -2.22. The van der Waals surface area contributed by atoms with Gasteiger partial charge < -0.3 is 4.89 Å². The summed E-state index contributed by atoms with van der Waals surface area (Å²) in [7, 11) is -3.56. The van der Waals surface area contributed by atoms with Crippen LogP contribution in [-0.2, 0) is 4.57 Å². The summed E-state index contributed by atoms with van der Waals surface area (Å²) in [6, 6.07) is 0. The van der Waals surface area contributed by atoms with E-state index in [0.29, 0.717) is 19.0 Å². The summed E-state index contributed by atoms with van der Waals surface area (Å²) in [4.78, 5) is 8.94. The van der Waals surface area contributed by atoms with E-state index in [1.165, 1.54) is 4.67 Å². The van der Waals surface area contributed by atoms with Gasteiger partial charge >= 0.3 is 7.67 Å². The second kappa shape index (κ2) is 5.12. The first kappa shape index (κ1) is 11.4. The first-order chi connectivity index (χ1) is 5.02. The molecule has 0 fully saturated rings. The molecule has 0 aliphatic carbocycles. The van der Waals surface area contributed by atoms with Crippen LogP contribution in [0.25, 0.3) is 0 Å². The van der Waals surface area contributed by atoms with Crippen LogP contribution in [0.1, 0.15) is 13.3 Å². The highest BCUT2D eigenvalue weighted by Gasteiger charge is 2.20. The minimum Gasteiger partial charge on any atom is -0.322 e. The molecule has 0 radical (unpaired) electrons. The maximum absolute atomic E-state index is 10.9. The average molecular weight is 201 g/mol. The van der Waals surface area contributed by atoms with Gasteiger partial charge in [-0.25, -0.2) is 10.2 Å². The highest BCUT2D eigenvalue weighted by Crippen LogP contribution is 2.35. The van der Waals surface area contributed by atoms with Crippen LogP contribution in [0.4, 0.5) is 0 Å². The summed E-state index contributed by atoms with van der Waals surface area (Å²) in [6.07, 6.45) is 0.790. The molecule has 3 N–H and O–H groups in total. The van der Waals surface area contributed by atoms with Crippen LogP contribution < -0.4 is 5.50 Å². The highest BCUT2D eigenvalue weighted by atomic mass is 35.5. The van der Waals surface area contributed by atoms with Gasteiger partial charge in [-0.15, -0.1) is 11.6 Å². The molecule has 1 unspecified atom stereocenters. The molecule has 0 heterocycles. The lowest BCUT2D eigenvalue weighted by molar-refractivity contribution is 0.356. The van der Waals surface area contributed by atoms with Crippen molar-refractivity contribution in [3.63, 3.8) is 0 Å². The molecule has 0 aliphatic heterocycles. The molecule has 0 saturated carbocycles. The van der Waals surface area contributed by atoms with E-state index in [4.69, 9.17) is 22.0 Å². The summed E-state index contributed by atoms with van der Waals surface area (Å²) < 4.78 is 12.2. The Balaban J connectivity index is 3.99. The van der Waals surface area contributed by atoms with Crippen LogP contribution in [0, 0.1) is 0 Å². The number of hydrogen-bond donors (Lipinski definition) is 2. The zero-order chi connectivity index (χ0) is 8.91. The molecule has 0 aliphatic rings. The van der Waals surface area contributed by atoms with Gasteiger partial charge in [-0.1, -0.05) is 6.92 Å². The molecule has 0 spiro atoms. The Morgan fingerprint density at radius 2 is 2.18 bits per heavy atom. The van der Waals surface area contributed by atoms with Crippen LogP contribution in [0.3, 0.4) is 0 Å². The SMILES string of the molecule is CCCN(CCCl)P(N)(=O)O. The van der Waals surface area contributed by atoms with E-state index < -0.39 is 7.67 Å². The van der Waals surface area contributed by atoms with Crippen molar-refractivity contribution in [2.24, 2.45) is 5.50 Å². The van der Waals surface area contributed by atoms with E-state index in [0.717, 1.165) is 6.42 Å². The largest absolute Gasteiger partial charge is 0.338 e. The molecule has 4 nitrogen and oxygen atoms in total. The van der Waals surface area contributed by atoms with Gasteiger partial charge in [0.2, 0.25) is 0 Å². The molecule has 0 aromatic rings. The topological polar surface area (TPSA) is 66.6 Å². The summed E-state index contributed by atoms with van der Waals surface area (Å²) in [5.41, 5.74) is 5.03. The van der Waals surface area contributed by atoms with Crippen molar-refractivity contribution in [1.82, 2.24) is 4.67 Å². The van der Waals surface area contributed by atoms with Gasteiger partial charge in [-0.05, 0) is 6.42 Å². The van der Waals surface area contributed by atoms with Crippen molar-refractivity contribution in [1.29, 1.82) is 0 Å². The highest BCUT2D eigenvalue weighted by molar-refractivity contribution is 7.52. The van der Waals surface area contributed by atoms with Gasteiger partial charge in [0.1, 0.15) is 0 Å². The van der Waals surface area contributed by atoms with Crippen molar-refractivity contribution >= 4 is 19.3 Å². The Kier molecular flexibility index (Phi) is 5.30. The molecule has 0 aromatic heterocycles. The van der Waals surface area contributed by atoms with E-state index in [2.05, 4.69) is 0 Å². The number of halogens is 1. The normalized spacial score (nSPS) is 16.8. The molecule has 0 rings (SSSR count). The van der Waals surface area contributed by atoms with Crippen molar-refractivity contribution < 1.29 is 9.46 Å². The van der Waals surface area contributed by atoms with Crippen molar-refractivity contribution in [3.05, 3.63) is 0 Å². The zero-order valence-corrected chi connectivity index (χ0v) is 8.18. The number of rotatable bonds is 5. The molecule has 6 heteroatoms. The Morgan fingerprint density at radius 3 is 2.45 bits per heavy atom. The van der Waals surface area contributed by atoms with E-state index in [9.17, 15) is 4.57 Å². The average Bonchev–Trinajstić information content (AvgIpc) is 1.85. The smallest absolute Gasteiger partial charge is 0.322 e. The van der Waals surface area contributed by atoms with Gasteiger partial charge in [0.15, 0.2) is 0 Å². The van der Waals surface area contributed by atoms with Crippen molar-refractivity contribution in [3.8, 4) is 0 Å². The molecule has 11 heavy (non-hydrogen) atoms. The van der Waals surface area contributed by atoms with Crippen LogP contribution in [0.15, 0.2) is 0 Å². The lowest BCUT2D eigenvalue weighted by Crippen LogP contribution is -2.26. The van der Waals surface area contributed by atoms with Gasteiger partial charge in [0.05, 0.1) is 0 Å². The third-order valence-corrected chi connectivity index (χ3v) is 2.61. The molecule has 68 valence electrons. The molecule has 0 amide bonds. The summed E-state index contributed by atoms with van der Waals surface area (Å²) >= 11 is 5.41. The molecular weight excluding hydrogens is 186 g/mol. The van der Waals surface area contributed by atoms with Gasteiger partial charge in [-0.2, -0.15) is 0 Å². The van der Waals surface area contributed by atoms with E-state index in [-0.39, 0.29) is 0 Å². The van der Waals surface area contributed by atoms with Crippen molar-refractivity contribution in [2.45, 2.75) is 13.3 Å². The molecule has 1 atom stereocenters. The standard InChI is InChI=1S/C5H14ClN2O2P/c1-2-4-8(5-3-6)11(7,9)10/h2-5H2,1H3,(H3,7,9,10). The van der Waals surface area contributed by atoms with E-state index in [1.54, 1.807) is 0 Å². The second-order valence-electron chi connectivity index (χ2n) is 2.23. The fraction of sp³-hybridized carbons (Fsp3) is 1.00. The van der Waals surface area contributed by atoms with Crippen molar-refractivity contribution in [2.75, 3.05) is 19.0 Å². The van der Waals surface area contributed by atoms with Gasteiger partial charge in [0, 0.05) is 19.0 Å². The third-order valence-electron chi connectivity index (χ3n) is 1.23. The predicted molar refractivity (Wildman–Crippen MR) is 46.6 cm³/mol. The number of nitrogens with zero attached hydrogens (tertiary/aromatic N) is 1. The number of alkyl halides is 1. The fourth-order valence-corrected chi connectivity index (χ4v) is 1.95. The molecule has 0 bridgehead atoms. The number of hydrogen-bond acceptors (Lipinski definition) is 1. The summed E-state index contributed by atoms with van der Waals surface area (Å²) in [5, 5.41) is 0.